The SMILES string of the molecule is CCN(CC)CCn1c(=O)n(-c2ccc(Cl)cc2Cl)c2c(C(F)(F)F)cc(C(N)=O)cc21. The molecule has 172 valence electrons. The molecule has 0 spiro atoms. The molecule has 0 fully saturated rings. The van der Waals surface area contributed by atoms with E-state index in [1.165, 1.54) is 28.8 Å². The first kappa shape index (κ1) is 24.2. The number of nitrogens with two attached hydrogens (primary N) is 1. The topological polar surface area (TPSA) is 73.3 Å². The number of nitrogens with zero attached hydrogens (tertiary/aromatic N) is 3. The number of benzene rings is 2. The minimum atomic E-state index is -4.86. The number of aromatic nitrogens is 2. The number of imidazole rings is 1. The van der Waals surface area contributed by atoms with E-state index in [4.69, 9.17) is 28.9 Å². The molecule has 2 N–H and O–H groups in total. The van der Waals surface area contributed by atoms with E-state index in [-0.39, 0.29) is 33.4 Å². The second-order valence-electron chi connectivity index (χ2n) is 7.15. The number of alkyl halides is 3. The Labute approximate surface area is 191 Å². The van der Waals surface area contributed by atoms with Crippen LogP contribution in [0.25, 0.3) is 16.7 Å². The Morgan fingerprint density at radius 1 is 1.12 bits per heavy atom. The van der Waals surface area contributed by atoms with Crippen molar-refractivity contribution in [1.29, 1.82) is 0 Å². The third-order valence-corrected chi connectivity index (χ3v) is 5.84. The van der Waals surface area contributed by atoms with E-state index in [1.54, 1.807) is 0 Å². The van der Waals surface area contributed by atoms with Gasteiger partial charge in [-0.15, -0.1) is 0 Å². The maximum Gasteiger partial charge on any atom is 0.418 e. The molecule has 0 aliphatic rings. The van der Waals surface area contributed by atoms with E-state index in [9.17, 15) is 22.8 Å². The van der Waals surface area contributed by atoms with Crippen LogP contribution in [0.5, 0.6) is 0 Å². The van der Waals surface area contributed by atoms with Gasteiger partial charge in [0.25, 0.3) is 0 Å². The van der Waals surface area contributed by atoms with Crippen molar-refractivity contribution >= 4 is 40.1 Å². The first-order valence-electron chi connectivity index (χ1n) is 9.83. The molecule has 1 heterocycles. The molecule has 1 aromatic heterocycles. The maximum atomic E-state index is 14.0. The van der Waals surface area contributed by atoms with Crippen LogP contribution in [0.1, 0.15) is 29.8 Å². The molecule has 2 aromatic carbocycles. The second kappa shape index (κ2) is 9.17. The van der Waals surface area contributed by atoms with Gasteiger partial charge in [-0.2, -0.15) is 13.2 Å². The van der Waals surface area contributed by atoms with Gasteiger partial charge in [-0.05, 0) is 43.4 Å². The molecule has 3 aromatic rings. The molecule has 1 amide bonds. The maximum absolute atomic E-state index is 14.0. The van der Waals surface area contributed by atoms with Crippen molar-refractivity contribution in [2.75, 3.05) is 19.6 Å². The van der Waals surface area contributed by atoms with Crippen LogP contribution < -0.4 is 11.4 Å². The van der Waals surface area contributed by atoms with Crippen molar-refractivity contribution in [3.8, 4) is 5.69 Å². The Hall–Kier alpha value is -2.49. The number of carbonyl (C=O) groups is 1. The van der Waals surface area contributed by atoms with Crippen LogP contribution in [-0.4, -0.2) is 39.6 Å². The van der Waals surface area contributed by atoms with Gasteiger partial charge in [0.1, 0.15) is 0 Å². The van der Waals surface area contributed by atoms with E-state index >= 15 is 0 Å². The molecule has 0 saturated heterocycles. The summed E-state index contributed by atoms with van der Waals surface area (Å²) in [5, 5.41) is 0.277. The molecular formula is C21H21Cl2F3N4O2. The highest BCUT2D eigenvalue weighted by Gasteiger charge is 2.37. The quantitative estimate of drug-likeness (QED) is 0.529. The van der Waals surface area contributed by atoms with Crippen LogP contribution in [-0.2, 0) is 12.7 Å². The minimum Gasteiger partial charge on any atom is -0.366 e. The van der Waals surface area contributed by atoms with Crippen LogP contribution in [0.15, 0.2) is 35.1 Å². The van der Waals surface area contributed by atoms with Crippen LogP contribution in [0.2, 0.25) is 10.0 Å². The lowest BCUT2D eigenvalue weighted by Crippen LogP contribution is -2.31. The standard InChI is InChI=1S/C21H21Cl2F3N4O2/c1-3-28(4-2)7-8-29-17-10-12(19(27)31)9-14(21(24,25)26)18(17)30(20(29)32)16-6-5-13(22)11-15(16)23/h5-6,9-11H,3-4,7-8H2,1-2H3,(H2,27,31). The van der Waals surface area contributed by atoms with Crippen molar-refractivity contribution in [3.63, 3.8) is 0 Å². The molecule has 0 aliphatic carbocycles. The number of rotatable bonds is 7. The van der Waals surface area contributed by atoms with Crippen LogP contribution >= 0.6 is 23.2 Å². The highest BCUT2D eigenvalue weighted by molar-refractivity contribution is 6.35. The number of likely N-dealkylation sites (N-methyl/N-ethyl adjacent to an activating group) is 1. The Bertz CT molecular complexity index is 1230. The summed E-state index contributed by atoms with van der Waals surface area (Å²) in [5.74, 6) is -1.03. The summed E-state index contributed by atoms with van der Waals surface area (Å²) in [6.45, 7) is 5.81. The predicted octanol–water partition coefficient (Wildman–Crippen LogP) is 4.56. The van der Waals surface area contributed by atoms with Crippen molar-refractivity contribution in [2.45, 2.75) is 26.6 Å². The van der Waals surface area contributed by atoms with Gasteiger partial charge in [0, 0.05) is 23.7 Å². The van der Waals surface area contributed by atoms with Gasteiger partial charge in [-0.25, -0.2) is 4.79 Å². The van der Waals surface area contributed by atoms with Gasteiger partial charge < -0.3 is 10.6 Å². The van der Waals surface area contributed by atoms with Crippen molar-refractivity contribution in [3.05, 3.63) is 62.0 Å². The summed E-state index contributed by atoms with van der Waals surface area (Å²) >= 11 is 12.2. The number of primary amides is 1. The highest BCUT2D eigenvalue weighted by Crippen LogP contribution is 2.37. The molecule has 32 heavy (non-hydrogen) atoms. The van der Waals surface area contributed by atoms with Crippen molar-refractivity contribution in [1.82, 2.24) is 14.0 Å². The zero-order chi connectivity index (χ0) is 23.8. The first-order valence-corrected chi connectivity index (χ1v) is 10.6. The van der Waals surface area contributed by atoms with Gasteiger partial charge >= 0.3 is 11.9 Å². The van der Waals surface area contributed by atoms with Crippen LogP contribution in [0.3, 0.4) is 0 Å². The average Bonchev–Trinajstić information content (AvgIpc) is 2.99. The summed E-state index contributed by atoms with van der Waals surface area (Å²) in [7, 11) is 0. The zero-order valence-corrected chi connectivity index (χ0v) is 18.9. The van der Waals surface area contributed by atoms with Crippen LogP contribution in [0, 0.1) is 0 Å². The molecule has 0 saturated carbocycles. The van der Waals surface area contributed by atoms with E-state index in [2.05, 4.69) is 0 Å². The molecule has 0 bridgehead atoms. The highest BCUT2D eigenvalue weighted by atomic mass is 35.5. The molecule has 0 aliphatic heterocycles. The summed E-state index contributed by atoms with van der Waals surface area (Å²) in [6, 6.07) is 6.01. The lowest BCUT2D eigenvalue weighted by Gasteiger charge is -2.18. The zero-order valence-electron chi connectivity index (χ0n) is 17.3. The largest absolute Gasteiger partial charge is 0.418 e. The number of amides is 1. The Morgan fingerprint density at radius 2 is 1.78 bits per heavy atom. The molecule has 11 heteroatoms. The minimum absolute atomic E-state index is 0.00879. The number of carbonyl (C=O) groups excluding carboxylic acids is 1. The number of halogens is 5. The molecule has 3 rings (SSSR count). The fourth-order valence-electron chi connectivity index (χ4n) is 3.62. The van der Waals surface area contributed by atoms with Gasteiger partial charge in [-0.3, -0.25) is 13.9 Å². The van der Waals surface area contributed by atoms with Gasteiger partial charge in [-0.1, -0.05) is 37.0 Å². The predicted molar refractivity (Wildman–Crippen MR) is 119 cm³/mol. The number of fused-ring (bicyclic) bond motifs is 1. The monoisotopic (exact) mass is 488 g/mol. The van der Waals surface area contributed by atoms with E-state index < -0.39 is 28.9 Å². The molecular weight excluding hydrogens is 468 g/mol. The van der Waals surface area contributed by atoms with E-state index in [0.717, 1.165) is 4.57 Å². The number of hydrogen-bond acceptors (Lipinski definition) is 3. The average molecular weight is 489 g/mol. The smallest absolute Gasteiger partial charge is 0.366 e. The third-order valence-electron chi connectivity index (χ3n) is 5.30. The lowest BCUT2D eigenvalue weighted by atomic mass is 10.1. The molecule has 0 radical (unpaired) electrons. The van der Waals surface area contributed by atoms with Crippen LogP contribution in [0.4, 0.5) is 13.2 Å². The normalized spacial score (nSPS) is 12.1. The fourth-order valence-corrected chi connectivity index (χ4v) is 4.11. The molecule has 0 atom stereocenters. The summed E-state index contributed by atoms with van der Waals surface area (Å²) < 4.78 is 44.3. The summed E-state index contributed by atoms with van der Waals surface area (Å²) in [6.07, 6.45) is -4.86. The third kappa shape index (κ3) is 4.51. The van der Waals surface area contributed by atoms with E-state index in [1.807, 2.05) is 18.7 Å². The van der Waals surface area contributed by atoms with Gasteiger partial charge in [0.15, 0.2) is 0 Å². The number of hydrogen-bond donors (Lipinski definition) is 1. The van der Waals surface area contributed by atoms with Gasteiger partial charge in [0.05, 0.1) is 27.3 Å². The second-order valence-corrected chi connectivity index (χ2v) is 7.99. The molecule has 0 unspecified atom stereocenters. The Balaban J connectivity index is 2.43. The lowest BCUT2D eigenvalue weighted by molar-refractivity contribution is -0.136. The molecule has 6 nitrogen and oxygen atoms in total. The Morgan fingerprint density at radius 3 is 2.31 bits per heavy atom. The van der Waals surface area contributed by atoms with Gasteiger partial charge in [0.2, 0.25) is 5.91 Å². The summed E-state index contributed by atoms with van der Waals surface area (Å²) in [4.78, 5) is 27.2. The first-order chi connectivity index (χ1) is 15.0. The van der Waals surface area contributed by atoms with E-state index in [0.29, 0.717) is 25.7 Å². The summed E-state index contributed by atoms with van der Waals surface area (Å²) in [5.41, 5.74) is 2.64. The Kier molecular flexibility index (Phi) is 6.92. The van der Waals surface area contributed by atoms with Crippen molar-refractivity contribution < 1.29 is 18.0 Å². The van der Waals surface area contributed by atoms with Crippen molar-refractivity contribution in [2.24, 2.45) is 5.73 Å². The fraction of sp³-hybridized carbons (Fsp3) is 0.333.